The molecule has 110 valence electrons. The van der Waals surface area contributed by atoms with E-state index in [0.717, 1.165) is 10.2 Å². The molecule has 0 aliphatic carbocycles. The van der Waals surface area contributed by atoms with E-state index in [1.807, 2.05) is 30.3 Å². The number of anilines is 1. The van der Waals surface area contributed by atoms with E-state index in [-0.39, 0.29) is 6.04 Å². The van der Waals surface area contributed by atoms with Crippen molar-refractivity contribution in [1.82, 2.24) is 5.32 Å². The molecule has 0 aliphatic rings. The Hall–Kier alpha value is -1.10. The fourth-order valence-electron chi connectivity index (χ4n) is 2.09. The average Bonchev–Trinajstić information content (AvgIpc) is 2.43. The van der Waals surface area contributed by atoms with Crippen LogP contribution in [0.15, 0.2) is 46.9 Å². The number of hydrogen-bond donors (Lipinski definition) is 2. The summed E-state index contributed by atoms with van der Waals surface area (Å²) in [7, 11) is 0. The Labute approximate surface area is 144 Å². The van der Waals surface area contributed by atoms with Crippen LogP contribution in [0.25, 0.3) is 0 Å². The van der Waals surface area contributed by atoms with Crippen molar-refractivity contribution in [2.75, 3.05) is 5.32 Å². The number of nitrogens with one attached hydrogen (secondary N) is 2. The van der Waals surface area contributed by atoms with E-state index in [1.165, 1.54) is 11.1 Å². The van der Waals surface area contributed by atoms with Gasteiger partial charge in [0.25, 0.3) is 0 Å². The Morgan fingerprint density at radius 1 is 1.24 bits per heavy atom. The summed E-state index contributed by atoms with van der Waals surface area (Å²) in [5.41, 5.74) is 3.33. The van der Waals surface area contributed by atoms with Gasteiger partial charge in [0.1, 0.15) is 0 Å². The molecule has 0 spiro atoms. The molecule has 0 bridgehead atoms. The van der Waals surface area contributed by atoms with Crippen molar-refractivity contribution in [2.24, 2.45) is 0 Å². The smallest absolute Gasteiger partial charge is 0.171 e. The van der Waals surface area contributed by atoms with Gasteiger partial charge >= 0.3 is 0 Å². The van der Waals surface area contributed by atoms with Crippen molar-refractivity contribution in [2.45, 2.75) is 19.9 Å². The van der Waals surface area contributed by atoms with E-state index in [2.05, 4.69) is 52.5 Å². The summed E-state index contributed by atoms with van der Waals surface area (Å²) in [4.78, 5) is 0. The van der Waals surface area contributed by atoms with Gasteiger partial charge in [-0.3, -0.25) is 0 Å². The van der Waals surface area contributed by atoms with E-state index < -0.39 is 0 Å². The molecule has 5 heteroatoms. The third-order valence-electron chi connectivity index (χ3n) is 3.18. The fourth-order valence-corrected chi connectivity index (χ4v) is 2.81. The maximum absolute atomic E-state index is 6.07. The normalized spacial score (nSPS) is 11.8. The van der Waals surface area contributed by atoms with E-state index in [4.69, 9.17) is 23.8 Å². The van der Waals surface area contributed by atoms with Gasteiger partial charge in [-0.15, -0.1) is 0 Å². The minimum absolute atomic E-state index is 0.136. The van der Waals surface area contributed by atoms with Gasteiger partial charge < -0.3 is 10.6 Å². The highest BCUT2D eigenvalue weighted by molar-refractivity contribution is 9.10. The summed E-state index contributed by atoms with van der Waals surface area (Å²) in [6, 6.07) is 14.0. The van der Waals surface area contributed by atoms with E-state index in [0.29, 0.717) is 10.1 Å². The lowest BCUT2D eigenvalue weighted by atomic mass is 10.0. The highest BCUT2D eigenvalue weighted by atomic mass is 79.9. The largest absolute Gasteiger partial charge is 0.356 e. The standard InChI is InChI=1S/C16H16BrClN2S/c1-10-5-3-4-6-13(10)11(2)19-16(21)20-12-7-8-14(17)15(18)9-12/h3-9,11H,1-2H3,(H2,19,20,21)/t11-/m0/s1. The lowest BCUT2D eigenvalue weighted by molar-refractivity contribution is 0.717. The van der Waals surface area contributed by atoms with Crippen molar-refractivity contribution in [3.05, 3.63) is 63.1 Å². The first-order chi connectivity index (χ1) is 9.97. The summed E-state index contributed by atoms with van der Waals surface area (Å²) in [6.07, 6.45) is 0. The molecule has 0 heterocycles. The quantitative estimate of drug-likeness (QED) is 0.688. The number of aryl methyl sites for hydroxylation is 1. The molecule has 1 atom stereocenters. The monoisotopic (exact) mass is 382 g/mol. The van der Waals surface area contributed by atoms with Gasteiger partial charge in [-0.1, -0.05) is 35.9 Å². The molecule has 0 saturated heterocycles. The summed E-state index contributed by atoms with van der Waals surface area (Å²) >= 11 is 14.8. The van der Waals surface area contributed by atoms with Gasteiger partial charge in [-0.25, -0.2) is 0 Å². The Balaban J connectivity index is 2.01. The first-order valence-corrected chi connectivity index (χ1v) is 8.13. The minimum Gasteiger partial charge on any atom is -0.356 e. The molecule has 2 nitrogen and oxygen atoms in total. The zero-order valence-electron chi connectivity index (χ0n) is 11.8. The molecule has 0 aliphatic heterocycles. The van der Waals surface area contributed by atoms with Crippen LogP contribution < -0.4 is 10.6 Å². The lowest BCUT2D eigenvalue weighted by Crippen LogP contribution is -2.31. The van der Waals surface area contributed by atoms with Crippen LogP contribution in [-0.2, 0) is 0 Å². The molecule has 2 N–H and O–H groups in total. The third kappa shape index (κ3) is 4.43. The molecule has 0 fully saturated rings. The molecule has 21 heavy (non-hydrogen) atoms. The Morgan fingerprint density at radius 3 is 2.62 bits per heavy atom. The molecule has 0 saturated carbocycles. The Morgan fingerprint density at radius 2 is 1.95 bits per heavy atom. The average molecular weight is 384 g/mol. The lowest BCUT2D eigenvalue weighted by Gasteiger charge is -2.19. The molecule has 0 amide bonds. The Bertz CT molecular complexity index is 660. The van der Waals surface area contributed by atoms with Crippen LogP contribution >= 0.6 is 39.7 Å². The number of halogens is 2. The van der Waals surface area contributed by atoms with Crippen molar-refractivity contribution in [1.29, 1.82) is 0 Å². The first-order valence-electron chi connectivity index (χ1n) is 6.55. The fraction of sp³-hybridized carbons (Fsp3) is 0.188. The predicted molar refractivity (Wildman–Crippen MR) is 98.1 cm³/mol. The molecule has 2 rings (SSSR count). The topological polar surface area (TPSA) is 24.1 Å². The number of thiocarbonyl (C=S) groups is 1. The van der Waals surface area contributed by atoms with Crippen LogP contribution in [0.5, 0.6) is 0 Å². The number of benzene rings is 2. The van der Waals surface area contributed by atoms with Crippen LogP contribution in [0.3, 0.4) is 0 Å². The highest BCUT2D eigenvalue weighted by Crippen LogP contribution is 2.25. The molecular formula is C16H16BrClN2S. The van der Waals surface area contributed by atoms with E-state index >= 15 is 0 Å². The number of rotatable bonds is 3. The van der Waals surface area contributed by atoms with Crippen LogP contribution in [0.4, 0.5) is 5.69 Å². The maximum atomic E-state index is 6.07. The highest BCUT2D eigenvalue weighted by Gasteiger charge is 2.09. The zero-order chi connectivity index (χ0) is 15.4. The number of hydrogen-bond acceptors (Lipinski definition) is 1. The zero-order valence-corrected chi connectivity index (χ0v) is 14.9. The van der Waals surface area contributed by atoms with Crippen molar-refractivity contribution >= 4 is 50.5 Å². The van der Waals surface area contributed by atoms with Crippen LogP contribution in [-0.4, -0.2) is 5.11 Å². The van der Waals surface area contributed by atoms with Crippen molar-refractivity contribution < 1.29 is 0 Å². The molecular weight excluding hydrogens is 368 g/mol. The molecule has 0 unspecified atom stereocenters. The minimum atomic E-state index is 0.136. The summed E-state index contributed by atoms with van der Waals surface area (Å²) < 4.78 is 0.863. The third-order valence-corrected chi connectivity index (χ3v) is 4.63. The van der Waals surface area contributed by atoms with Crippen LogP contribution in [0.2, 0.25) is 5.02 Å². The second-order valence-electron chi connectivity index (χ2n) is 4.81. The van der Waals surface area contributed by atoms with Gasteiger partial charge in [0.05, 0.1) is 11.1 Å². The van der Waals surface area contributed by atoms with Gasteiger partial charge in [0.2, 0.25) is 0 Å². The van der Waals surface area contributed by atoms with Gasteiger partial charge in [-0.05, 0) is 71.3 Å². The molecule has 2 aromatic rings. The SMILES string of the molecule is Cc1ccccc1[C@H](C)NC(=S)Nc1ccc(Br)c(Cl)c1. The second kappa shape index (κ2) is 7.25. The second-order valence-corrected chi connectivity index (χ2v) is 6.48. The first kappa shape index (κ1) is 16.3. The van der Waals surface area contributed by atoms with Crippen molar-refractivity contribution in [3.63, 3.8) is 0 Å². The van der Waals surface area contributed by atoms with E-state index in [9.17, 15) is 0 Å². The molecule has 0 aromatic heterocycles. The Kier molecular flexibility index (Phi) is 5.62. The van der Waals surface area contributed by atoms with Gasteiger partial charge in [0, 0.05) is 10.2 Å². The van der Waals surface area contributed by atoms with Gasteiger partial charge in [0.15, 0.2) is 5.11 Å². The summed E-state index contributed by atoms with van der Waals surface area (Å²) in [5, 5.41) is 7.65. The van der Waals surface area contributed by atoms with Crippen molar-refractivity contribution in [3.8, 4) is 0 Å². The van der Waals surface area contributed by atoms with Crippen LogP contribution in [0, 0.1) is 6.92 Å². The van der Waals surface area contributed by atoms with Gasteiger partial charge in [-0.2, -0.15) is 0 Å². The van der Waals surface area contributed by atoms with E-state index in [1.54, 1.807) is 0 Å². The summed E-state index contributed by atoms with van der Waals surface area (Å²) in [5.74, 6) is 0. The predicted octanol–water partition coefficient (Wildman–Crippen LogP) is 5.46. The van der Waals surface area contributed by atoms with Crippen LogP contribution in [0.1, 0.15) is 24.1 Å². The maximum Gasteiger partial charge on any atom is 0.171 e. The molecule has 2 aromatic carbocycles. The summed E-state index contributed by atoms with van der Waals surface area (Å²) in [6.45, 7) is 4.18. The molecule has 0 radical (unpaired) electrons.